The van der Waals surface area contributed by atoms with Crippen molar-refractivity contribution in [3.63, 3.8) is 0 Å². The first-order valence-electron chi connectivity index (χ1n) is 6.62. The average molecular weight is 343 g/mol. The summed E-state index contributed by atoms with van der Waals surface area (Å²) in [5.74, 6) is 0.0722. The van der Waals surface area contributed by atoms with Gasteiger partial charge in [-0.1, -0.05) is 22.9 Å². The zero-order chi connectivity index (χ0) is 15.0. The lowest BCUT2D eigenvalue weighted by Gasteiger charge is -2.11. The Kier molecular flexibility index (Phi) is 4.05. The molecule has 2 aromatic heterocycles. The van der Waals surface area contributed by atoms with Crippen LogP contribution in [0.5, 0.6) is 0 Å². The highest BCUT2D eigenvalue weighted by Crippen LogP contribution is 2.31. The van der Waals surface area contributed by atoms with Gasteiger partial charge in [-0.05, 0) is 31.9 Å². The van der Waals surface area contributed by atoms with Crippen molar-refractivity contribution < 1.29 is 4.79 Å². The highest BCUT2D eigenvalue weighted by molar-refractivity contribution is 7.18. The summed E-state index contributed by atoms with van der Waals surface area (Å²) in [6.45, 7) is 1.92. The van der Waals surface area contributed by atoms with E-state index in [9.17, 15) is 4.79 Å². The summed E-state index contributed by atoms with van der Waals surface area (Å²) >= 11 is 8.66. The molecule has 21 heavy (non-hydrogen) atoms. The van der Waals surface area contributed by atoms with Gasteiger partial charge >= 0.3 is 0 Å². The van der Waals surface area contributed by atoms with Crippen molar-refractivity contribution in [2.24, 2.45) is 0 Å². The first-order valence-corrected chi connectivity index (χ1v) is 8.63. The lowest BCUT2D eigenvalue weighted by atomic mass is 10.2. The van der Waals surface area contributed by atoms with Crippen LogP contribution in [0.3, 0.4) is 0 Å². The molecule has 4 N–H and O–H groups in total. The van der Waals surface area contributed by atoms with Crippen LogP contribution in [0, 0.1) is 0 Å². The number of hydrogen-bond donors (Lipinski definition) is 3. The smallest absolute Gasteiger partial charge is 0.265 e. The molecule has 1 atom stereocenters. The molecule has 1 aliphatic rings. The maximum Gasteiger partial charge on any atom is 0.265 e. The Labute approximate surface area is 135 Å². The Bertz CT molecular complexity index is 665. The van der Waals surface area contributed by atoms with E-state index in [0.29, 0.717) is 20.4 Å². The fraction of sp³-hybridized carbons (Fsp3) is 0.385. The van der Waals surface area contributed by atoms with Gasteiger partial charge in [0.15, 0.2) is 5.13 Å². The van der Waals surface area contributed by atoms with Gasteiger partial charge < -0.3 is 16.4 Å². The molecule has 3 rings (SSSR count). The number of nitrogen functional groups attached to an aromatic ring is 1. The quantitative estimate of drug-likeness (QED) is 0.776. The van der Waals surface area contributed by atoms with Crippen LogP contribution in [0.25, 0.3) is 0 Å². The Morgan fingerprint density at radius 2 is 2.24 bits per heavy atom. The molecule has 2 aromatic rings. The van der Waals surface area contributed by atoms with Crippen molar-refractivity contribution in [3.8, 4) is 0 Å². The summed E-state index contributed by atoms with van der Waals surface area (Å²) in [7, 11) is 0. The molecule has 0 saturated heterocycles. The van der Waals surface area contributed by atoms with E-state index in [1.807, 2.05) is 19.1 Å². The van der Waals surface area contributed by atoms with Gasteiger partial charge in [-0.2, -0.15) is 0 Å². The highest BCUT2D eigenvalue weighted by Gasteiger charge is 2.24. The molecule has 1 saturated carbocycles. The molecule has 1 amide bonds. The minimum absolute atomic E-state index is 0.114. The number of rotatable bonds is 5. The molecular weight excluding hydrogens is 328 g/mol. The Hall–Kier alpha value is -1.31. The zero-order valence-corrected chi connectivity index (χ0v) is 13.7. The maximum atomic E-state index is 12.3. The highest BCUT2D eigenvalue weighted by atomic mass is 35.5. The van der Waals surface area contributed by atoms with Crippen molar-refractivity contribution >= 4 is 51.1 Å². The van der Waals surface area contributed by atoms with Gasteiger partial charge in [0.25, 0.3) is 5.91 Å². The molecule has 1 unspecified atom stereocenters. The molecule has 1 fully saturated rings. The lowest BCUT2D eigenvalue weighted by Crippen LogP contribution is -2.26. The number of hydrogen-bond acceptors (Lipinski definition) is 6. The van der Waals surface area contributed by atoms with Gasteiger partial charge in [0.2, 0.25) is 0 Å². The van der Waals surface area contributed by atoms with Crippen LogP contribution in [0.1, 0.15) is 40.4 Å². The SMILES string of the molecule is CC(NC(=O)c1sc(NC2CC2)nc1N)c1ccc(Cl)s1. The topological polar surface area (TPSA) is 80.0 Å². The minimum Gasteiger partial charge on any atom is -0.382 e. The molecule has 5 nitrogen and oxygen atoms in total. The summed E-state index contributed by atoms with van der Waals surface area (Å²) in [5, 5.41) is 6.89. The van der Waals surface area contributed by atoms with E-state index in [1.54, 1.807) is 0 Å². The van der Waals surface area contributed by atoms with Crippen molar-refractivity contribution in [3.05, 3.63) is 26.2 Å². The van der Waals surface area contributed by atoms with E-state index in [0.717, 1.165) is 17.7 Å². The number of nitrogens with zero attached hydrogens (tertiary/aromatic N) is 1. The molecule has 0 spiro atoms. The fourth-order valence-corrected chi connectivity index (χ4v) is 3.78. The van der Waals surface area contributed by atoms with E-state index in [4.69, 9.17) is 17.3 Å². The largest absolute Gasteiger partial charge is 0.382 e. The van der Waals surface area contributed by atoms with Gasteiger partial charge in [0.1, 0.15) is 10.7 Å². The Morgan fingerprint density at radius 1 is 1.48 bits per heavy atom. The first kappa shape index (κ1) is 14.6. The number of anilines is 2. The fourth-order valence-electron chi connectivity index (χ4n) is 1.85. The van der Waals surface area contributed by atoms with E-state index < -0.39 is 0 Å². The predicted octanol–water partition coefficient (Wildman–Crippen LogP) is 3.51. The number of thiazole rings is 1. The second kappa shape index (κ2) is 5.82. The van der Waals surface area contributed by atoms with E-state index in [2.05, 4.69) is 15.6 Å². The average Bonchev–Trinajstić information content (AvgIpc) is 3.00. The number of nitrogens with one attached hydrogen (secondary N) is 2. The van der Waals surface area contributed by atoms with Gasteiger partial charge in [-0.25, -0.2) is 4.98 Å². The molecule has 0 radical (unpaired) electrons. The van der Waals surface area contributed by atoms with Gasteiger partial charge in [-0.3, -0.25) is 4.79 Å². The van der Waals surface area contributed by atoms with Gasteiger partial charge in [0.05, 0.1) is 10.4 Å². The molecule has 0 bridgehead atoms. The van der Waals surface area contributed by atoms with Crippen molar-refractivity contribution in [1.29, 1.82) is 0 Å². The summed E-state index contributed by atoms with van der Waals surface area (Å²) in [6.07, 6.45) is 2.30. The monoisotopic (exact) mass is 342 g/mol. The van der Waals surface area contributed by atoms with Crippen LogP contribution in [-0.2, 0) is 0 Å². The third kappa shape index (κ3) is 3.48. The zero-order valence-electron chi connectivity index (χ0n) is 11.4. The van der Waals surface area contributed by atoms with Crippen LogP contribution in [-0.4, -0.2) is 16.9 Å². The Balaban J connectivity index is 1.68. The molecule has 2 heterocycles. The lowest BCUT2D eigenvalue weighted by molar-refractivity contribution is 0.0945. The summed E-state index contributed by atoms with van der Waals surface area (Å²) in [4.78, 5) is 18.0. The number of nitrogens with two attached hydrogens (primary N) is 1. The standard InChI is InChI=1S/C13H15ClN4OS2/c1-6(8-4-5-9(14)20-8)16-12(19)10-11(15)18-13(21-10)17-7-2-3-7/h4-7H,2-3,15H2,1H3,(H,16,19)(H,17,18). The van der Waals surface area contributed by atoms with Crippen LogP contribution in [0.2, 0.25) is 4.34 Å². The van der Waals surface area contributed by atoms with E-state index >= 15 is 0 Å². The van der Waals surface area contributed by atoms with E-state index in [1.165, 1.54) is 22.7 Å². The van der Waals surface area contributed by atoms with Crippen LogP contribution in [0.4, 0.5) is 10.9 Å². The van der Waals surface area contributed by atoms with Crippen LogP contribution < -0.4 is 16.4 Å². The number of thiophene rings is 1. The molecule has 0 aromatic carbocycles. The van der Waals surface area contributed by atoms with Crippen molar-refractivity contribution in [1.82, 2.24) is 10.3 Å². The van der Waals surface area contributed by atoms with Crippen molar-refractivity contribution in [2.45, 2.75) is 31.8 Å². The van der Waals surface area contributed by atoms with E-state index in [-0.39, 0.29) is 17.8 Å². The second-order valence-corrected chi connectivity index (χ2v) is 7.73. The normalized spacial score (nSPS) is 15.7. The third-order valence-electron chi connectivity index (χ3n) is 3.13. The van der Waals surface area contributed by atoms with Gasteiger partial charge in [-0.15, -0.1) is 11.3 Å². The third-order valence-corrected chi connectivity index (χ3v) is 5.55. The number of aromatic nitrogens is 1. The predicted molar refractivity (Wildman–Crippen MR) is 88.4 cm³/mol. The minimum atomic E-state index is -0.203. The van der Waals surface area contributed by atoms with Gasteiger partial charge in [0, 0.05) is 10.9 Å². The molecule has 8 heteroatoms. The summed E-state index contributed by atoms with van der Waals surface area (Å²) in [5.41, 5.74) is 5.84. The van der Waals surface area contributed by atoms with Crippen LogP contribution >= 0.6 is 34.3 Å². The molecule has 1 aliphatic carbocycles. The molecule has 0 aliphatic heterocycles. The second-order valence-electron chi connectivity index (χ2n) is 4.99. The number of carbonyl (C=O) groups is 1. The van der Waals surface area contributed by atoms with Crippen molar-refractivity contribution in [2.75, 3.05) is 11.1 Å². The molecular formula is C13H15ClN4OS2. The van der Waals surface area contributed by atoms with Crippen LogP contribution in [0.15, 0.2) is 12.1 Å². The first-order chi connectivity index (χ1) is 10.0. The maximum absolute atomic E-state index is 12.3. The molecule has 112 valence electrons. The number of carbonyl (C=O) groups excluding carboxylic acids is 1. The summed E-state index contributed by atoms with van der Waals surface area (Å²) < 4.78 is 0.708. The Morgan fingerprint density at radius 3 is 2.86 bits per heavy atom. The number of amides is 1. The number of halogens is 1. The summed E-state index contributed by atoms with van der Waals surface area (Å²) in [6, 6.07) is 4.10.